The van der Waals surface area contributed by atoms with E-state index in [1.807, 2.05) is 5.32 Å². The number of carbonyl (C=O) groups excluding carboxylic acids is 3. The largest absolute Gasteiger partial charge is 0.451 e. The second-order valence-electron chi connectivity index (χ2n) is 6.31. The summed E-state index contributed by atoms with van der Waals surface area (Å²) in [5.74, 6) is -1.49. The number of anilines is 1. The van der Waals surface area contributed by atoms with Crippen LogP contribution >= 0.6 is 11.3 Å². The number of rotatable bonds is 3. The summed E-state index contributed by atoms with van der Waals surface area (Å²) in [5, 5.41) is 5.35. The van der Waals surface area contributed by atoms with E-state index in [1.54, 1.807) is 24.3 Å². The van der Waals surface area contributed by atoms with Crippen molar-refractivity contribution in [2.24, 2.45) is 5.73 Å². The number of para-hydroxylation sites is 1. The van der Waals surface area contributed by atoms with Crippen LogP contribution in [0.1, 0.15) is 37.8 Å². The maximum atomic E-state index is 12.7. The van der Waals surface area contributed by atoms with Crippen LogP contribution in [0.25, 0.3) is 11.0 Å². The Morgan fingerprint density at radius 2 is 1.89 bits per heavy atom. The predicted octanol–water partition coefficient (Wildman–Crippen LogP) is 2.40. The molecule has 4 amide bonds. The quantitative estimate of drug-likeness (QED) is 0.624. The second-order valence-corrected chi connectivity index (χ2v) is 7.41. The van der Waals surface area contributed by atoms with Crippen molar-refractivity contribution in [3.8, 4) is 0 Å². The van der Waals surface area contributed by atoms with Crippen LogP contribution in [0.5, 0.6) is 0 Å². The number of benzene rings is 1. The Kier molecular flexibility index (Phi) is 4.44. The van der Waals surface area contributed by atoms with E-state index in [2.05, 4.69) is 5.32 Å². The molecule has 0 fully saturated rings. The van der Waals surface area contributed by atoms with Crippen molar-refractivity contribution in [1.82, 2.24) is 5.32 Å². The summed E-state index contributed by atoms with van der Waals surface area (Å²) in [5.41, 5.74) is 6.04. The molecule has 0 saturated heterocycles. The van der Waals surface area contributed by atoms with Gasteiger partial charge in [0.2, 0.25) is 0 Å². The fourth-order valence-electron chi connectivity index (χ4n) is 3.29. The van der Waals surface area contributed by atoms with Crippen LogP contribution in [0.2, 0.25) is 0 Å². The van der Waals surface area contributed by atoms with Crippen LogP contribution < -0.4 is 21.8 Å². The molecule has 0 atom stereocenters. The second kappa shape index (κ2) is 6.93. The Balaban J connectivity index is 1.70. The highest BCUT2D eigenvalue weighted by Crippen LogP contribution is 2.39. The summed E-state index contributed by atoms with van der Waals surface area (Å²) in [4.78, 5) is 49.4. The van der Waals surface area contributed by atoms with E-state index in [4.69, 9.17) is 10.2 Å². The third kappa shape index (κ3) is 3.16. The lowest BCUT2D eigenvalue weighted by atomic mass is 10.1. The molecule has 28 heavy (non-hydrogen) atoms. The van der Waals surface area contributed by atoms with E-state index in [0.29, 0.717) is 22.4 Å². The van der Waals surface area contributed by atoms with Gasteiger partial charge < -0.3 is 15.5 Å². The number of nitrogens with two attached hydrogens (primary N) is 1. The normalized spacial score (nSPS) is 12.6. The van der Waals surface area contributed by atoms with E-state index in [-0.39, 0.29) is 16.8 Å². The highest BCUT2D eigenvalue weighted by molar-refractivity contribution is 7.17. The van der Waals surface area contributed by atoms with Crippen LogP contribution in [0.3, 0.4) is 0 Å². The first-order chi connectivity index (χ1) is 13.4. The van der Waals surface area contributed by atoms with Gasteiger partial charge in [-0.15, -0.1) is 11.3 Å². The Labute approximate surface area is 162 Å². The fraction of sp³-hybridized carbons (Fsp3) is 0.158. The van der Waals surface area contributed by atoms with Crippen molar-refractivity contribution in [2.75, 3.05) is 5.32 Å². The molecule has 2 aromatic heterocycles. The molecule has 1 aromatic carbocycles. The van der Waals surface area contributed by atoms with Gasteiger partial charge in [0.15, 0.2) is 11.2 Å². The molecule has 2 heterocycles. The van der Waals surface area contributed by atoms with E-state index < -0.39 is 17.8 Å². The molecule has 1 aliphatic carbocycles. The molecule has 142 valence electrons. The number of amides is 4. The van der Waals surface area contributed by atoms with Crippen LogP contribution in [0.15, 0.2) is 39.5 Å². The molecule has 0 bridgehead atoms. The molecule has 0 radical (unpaired) electrons. The number of imide groups is 1. The molecule has 0 aliphatic heterocycles. The molecule has 8 nitrogen and oxygen atoms in total. The average Bonchev–Trinajstić information content (AvgIpc) is 3.21. The van der Waals surface area contributed by atoms with Gasteiger partial charge in [-0.05, 0) is 37.0 Å². The van der Waals surface area contributed by atoms with Crippen molar-refractivity contribution < 1.29 is 18.8 Å². The first-order valence-electron chi connectivity index (χ1n) is 8.53. The van der Waals surface area contributed by atoms with E-state index in [1.165, 1.54) is 11.3 Å². The lowest BCUT2D eigenvalue weighted by Crippen LogP contribution is -2.35. The summed E-state index contributed by atoms with van der Waals surface area (Å²) in [6.07, 6.45) is 2.36. The molecule has 4 rings (SSSR count). The van der Waals surface area contributed by atoms with Gasteiger partial charge >= 0.3 is 6.03 Å². The van der Waals surface area contributed by atoms with Crippen LogP contribution in [0, 0.1) is 0 Å². The zero-order valence-corrected chi connectivity index (χ0v) is 15.4. The van der Waals surface area contributed by atoms with Crippen molar-refractivity contribution in [1.29, 1.82) is 0 Å². The highest BCUT2D eigenvalue weighted by Gasteiger charge is 2.28. The zero-order chi connectivity index (χ0) is 19.8. The topological polar surface area (TPSA) is 132 Å². The molecular weight excluding hydrogens is 382 g/mol. The number of thiophene rings is 1. The van der Waals surface area contributed by atoms with Crippen LogP contribution in [-0.2, 0) is 12.8 Å². The molecule has 9 heteroatoms. The van der Waals surface area contributed by atoms with Crippen molar-refractivity contribution in [3.05, 3.63) is 62.3 Å². The van der Waals surface area contributed by atoms with Gasteiger partial charge in [-0.25, -0.2) is 4.79 Å². The van der Waals surface area contributed by atoms with Gasteiger partial charge in [0.25, 0.3) is 11.8 Å². The van der Waals surface area contributed by atoms with E-state index in [9.17, 15) is 19.2 Å². The monoisotopic (exact) mass is 397 g/mol. The zero-order valence-electron chi connectivity index (χ0n) is 14.5. The number of carbonyl (C=O) groups is 3. The number of hydrogen-bond donors (Lipinski definition) is 3. The fourth-order valence-corrected chi connectivity index (χ4v) is 4.57. The first kappa shape index (κ1) is 17.9. The molecular formula is C19H15N3O5S. The van der Waals surface area contributed by atoms with Gasteiger partial charge in [-0.3, -0.25) is 19.7 Å². The molecule has 3 aromatic rings. The standard InChI is InChI=1S/C19H15N3O5S/c20-19(26)22-17(25)15-10-5-3-7-14(10)28-18(15)21-16(24)13-8-11(23)9-4-1-2-6-12(9)27-13/h1-2,4,6,8H,3,5,7H2,(H,21,24)(H3,20,22,25,26). The minimum Gasteiger partial charge on any atom is -0.451 e. The lowest BCUT2D eigenvalue weighted by molar-refractivity contribution is 0.0966. The number of fused-ring (bicyclic) bond motifs is 2. The molecule has 1 aliphatic rings. The smallest absolute Gasteiger partial charge is 0.319 e. The third-order valence-corrected chi connectivity index (χ3v) is 5.68. The van der Waals surface area contributed by atoms with Crippen LogP contribution in [-0.4, -0.2) is 17.8 Å². The molecule has 0 spiro atoms. The Hall–Kier alpha value is -3.46. The van der Waals surface area contributed by atoms with Gasteiger partial charge in [0, 0.05) is 10.9 Å². The van der Waals surface area contributed by atoms with Crippen molar-refractivity contribution in [2.45, 2.75) is 19.3 Å². The lowest BCUT2D eigenvalue weighted by Gasteiger charge is -2.08. The van der Waals surface area contributed by atoms with E-state index in [0.717, 1.165) is 29.3 Å². The molecule has 4 N–H and O–H groups in total. The maximum absolute atomic E-state index is 12.7. The molecule has 0 unspecified atom stereocenters. The average molecular weight is 397 g/mol. The Morgan fingerprint density at radius 3 is 2.68 bits per heavy atom. The summed E-state index contributed by atoms with van der Waals surface area (Å²) < 4.78 is 5.54. The number of hydrogen-bond acceptors (Lipinski definition) is 6. The predicted molar refractivity (Wildman–Crippen MR) is 104 cm³/mol. The minimum absolute atomic E-state index is 0.168. The van der Waals surface area contributed by atoms with Gasteiger partial charge in [0.1, 0.15) is 10.6 Å². The number of nitrogens with one attached hydrogen (secondary N) is 2. The first-order valence-corrected chi connectivity index (χ1v) is 9.35. The van der Waals surface area contributed by atoms with Gasteiger partial charge in [0.05, 0.1) is 10.9 Å². The third-order valence-electron chi connectivity index (χ3n) is 4.47. The SMILES string of the molecule is NC(=O)NC(=O)c1c(NC(=O)c2cc(=O)c3ccccc3o2)sc2c1CCC2. The maximum Gasteiger partial charge on any atom is 0.319 e. The van der Waals surface area contributed by atoms with Gasteiger partial charge in [-0.1, -0.05) is 12.1 Å². The van der Waals surface area contributed by atoms with E-state index >= 15 is 0 Å². The van der Waals surface area contributed by atoms with Crippen molar-refractivity contribution in [3.63, 3.8) is 0 Å². The van der Waals surface area contributed by atoms with Crippen molar-refractivity contribution >= 4 is 45.2 Å². The number of urea groups is 1. The number of aryl methyl sites for hydroxylation is 1. The Bertz CT molecular complexity index is 1190. The number of primary amides is 1. The highest BCUT2D eigenvalue weighted by atomic mass is 32.1. The summed E-state index contributed by atoms with van der Waals surface area (Å²) in [7, 11) is 0. The summed E-state index contributed by atoms with van der Waals surface area (Å²) >= 11 is 1.27. The van der Waals surface area contributed by atoms with Crippen LogP contribution in [0.4, 0.5) is 9.80 Å². The minimum atomic E-state index is -0.972. The summed E-state index contributed by atoms with van der Waals surface area (Å²) in [6.45, 7) is 0. The summed E-state index contributed by atoms with van der Waals surface area (Å²) in [6, 6.07) is 6.75. The van der Waals surface area contributed by atoms with Gasteiger partial charge in [-0.2, -0.15) is 0 Å². The Morgan fingerprint density at radius 1 is 1.11 bits per heavy atom. The molecule has 0 saturated carbocycles.